The Balaban J connectivity index is 0.000000362. The van der Waals surface area contributed by atoms with Crippen LogP contribution in [-0.4, -0.2) is 45.9 Å². The lowest BCUT2D eigenvalue weighted by Crippen LogP contribution is -2.35. The Morgan fingerprint density at radius 2 is 1.82 bits per heavy atom. The van der Waals surface area contributed by atoms with E-state index in [4.69, 9.17) is 14.3 Å². The molecule has 0 bridgehead atoms. The summed E-state index contributed by atoms with van der Waals surface area (Å²) in [6, 6.07) is 10.8. The number of nitro groups is 1. The van der Waals surface area contributed by atoms with Crippen LogP contribution in [-0.2, 0) is 9.05 Å². The van der Waals surface area contributed by atoms with Crippen molar-refractivity contribution in [2.75, 3.05) is 18.1 Å². The third kappa shape index (κ3) is 9.55. The highest BCUT2D eigenvalue weighted by Gasteiger charge is 2.31. The van der Waals surface area contributed by atoms with Gasteiger partial charge in [0, 0.05) is 35.7 Å². The largest absolute Gasteiger partial charge is 0.321 e. The SMILES string of the molecule is CC(C)N(C(C)C)P(OCCC#N)OC1CSSC1.O=[N+]([O-])c1ccccc1. The van der Waals surface area contributed by atoms with Crippen LogP contribution in [0.3, 0.4) is 0 Å². The quantitative estimate of drug-likeness (QED) is 0.159. The lowest BCUT2D eigenvalue weighted by atomic mass is 10.3. The summed E-state index contributed by atoms with van der Waals surface area (Å²) in [5, 5.41) is 18.6. The van der Waals surface area contributed by atoms with E-state index >= 15 is 0 Å². The number of non-ortho nitro benzene ring substituents is 1. The Bertz CT molecular complexity index is 603. The molecule has 0 radical (unpaired) electrons. The van der Waals surface area contributed by atoms with Crippen molar-refractivity contribution in [3.8, 4) is 6.07 Å². The maximum atomic E-state index is 10.0. The average Bonchev–Trinajstić information content (AvgIpc) is 3.15. The van der Waals surface area contributed by atoms with Crippen LogP contribution in [0.5, 0.6) is 0 Å². The summed E-state index contributed by atoms with van der Waals surface area (Å²) in [7, 11) is 2.64. The number of rotatable bonds is 9. The van der Waals surface area contributed by atoms with Crippen LogP contribution in [0.1, 0.15) is 34.1 Å². The van der Waals surface area contributed by atoms with Gasteiger partial charge in [-0.15, -0.1) is 0 Å². The van der Waals surface area contributed by atoms with Crippen LogP contribution in [0.15, 0.2) is 30.3 Å². The minimum Gasteiger partial charge on any atom is -0.321 e. The van der Waals surface area contributed by atoms with Crippen molar-refractivity contribution < 1.29 is 14.0 Å². The Hall–Kier alpha value is -0.880. The molecule has 28 heavy (non-hydrogen) atoms. The molecule has 1 atom stereocenters. The topological polar surface area (TPSA) is 88.6 Å². The molecule has 0 spiro atoms. The zero-order valence-electron chi connectivity index (χ0n) is 16.7. The summed E-state index contributed by atoms with van der Waals surface area (Å²) in [5.41, 5.74) is 0.137. The van der Waals surface area contributed by atoms with Gasteiger partial charge in [0.1, 0.15) is 0 Å². The zero-order chi connectivity index (χ0) is 20.9. The van der Waals surface area contributed by atoms with Gasteiger partial charge < -0.3 is 9.05 Å². The first-order chi connectivity index (χ1) is 13.4. The molecule has 1 aromatic rings. The third-order valence-electron chi connectivity index (χ3n) is 3.46. The molecule has 10 heteroatoms. The Morgan fingerprint density at radius 1 is 1.25 bits per heavy atom. The van der Waals surface area contributed by atoms with Crippen molar-refractivity contribution in [3.05, 3.63) is 40.4 Å². The summed E-state index contributed by atoms with van der Waals surface area (Å²) < 4.78 is 14.3. The number of nitrogens with zero attached hydrogens (tertiary/aromatic N) is 3. The Labute approximate surface area is 176 Å². The van der Waals surface area contributed by atoms with Crippen LogP contribution >= 0.6 is 30.1 Å². The summed E-state index contributed by atoms with van der Waals surface area (Å²) in [4.78, 5) is 9.59. The number of benzene rings is 1. The second-order valence-electron chi connectivity index (χ2n) is 6.44. The summed E-state index contributed by atoms with van der Waals surface area (Å²) in [6.07, 6.45) is 0.684. The van der Waals surface area contributed by atoms with E-state index in [0.717, 1.165) is 11.5 Å². The first-order valence-electron chi connectivity index (χ1n) is 9.05. The molecule has 1 unspecified atom stereocenters. The van der Waals surface area contributed by atoms with Crippen LogP contribution in [0.2, 0.25) is 0 Å². The van der Waals surface area contributed by atoms with Gasteiger partial charge in [0.05, 0.1) is 30.1 Å². The second-order valence-corrected chi connectivity index (χ2v) is 10.4. The van der Waals surface area contributed by atoms with E-state index in [2.05, 4.69) is 38.4 Å². The molecule has 1 heterocycles. The molecular weight excluding hydrogens is 417 g/mol. The molecule has 1 aromatic carbocycles. The number of hydrogen-bond donors (Lipinski definition) is 0. The van der Waals surface area contributed by atoms with Crippen LogP contribution in [0.25, 0.3) is 0 Å². The standard InChI is InChI=1S/C12H23N2O2PS2.C6H5NO2/c1-10(2)14(11(3)4)17(15-7-5-6-13)16-12-8-18-19-9-12;8-7(9)6-4-2-1-3-5-6/h10-12H,5,7-9H2,1-4H3;1-5H. The first kappa shape index (κ1) is 25.2. The van der Waals surface area contributed by atoms with Gasteiger partial charge in [-0.3, -0.25) is 10.1 Å². The molecule has 1 fully saturated rings. The van der Waals surface area contributed by atoms with Gasteiger partial charge in [-0.2, -0.15) is 5.26 Å². The molecule has 0 amide bonds. The van der Waals surface area contributed by atoms with Crippen molar-refractivity contribution in [3.63, 3.8) is 0 Å². The van der Waals surface area contributed by atoms with E-state index in [9.17, 15) is 10.1 Å². The van der Waals surface area contributed by atoms with E-state index in [-0.39, 0.29) is 11.8 Å². The van der Waals surface area contributed by atoms with Crippen molar-refractivity contribution in [1.82, 2.24) is 4.67 Å². The van der Waals surface area contributed by atoms with Crippen molar-refractivity contribution >= 4 is 35.8 Å². The Morgan fingerprint density at radius 3 is 2.25 bits per heavy atom. The van der Waals surface area contributed by atoms with Gasteiger partial charge >= 0.3 is 0 Å². The minimum absolute atomic E-state index is 0.137. The monoisotopic (exact) mass is 445 g/mol. The Kier molecular flexibility index (Phi) is 12.7. The van der Waals surface area contributed by atoms with Gasteiger partial charge in [0.15, 0.2) is 0 Å². The molecule has 1 aliphatic heterocycles. The molecular formula is C18H28N3O4PS2. The van der Waals surface area contributed by atoms with Gasteiger partial charge in [-0.05, 0) is 27.7 Å². The minimum atomic E-state index is -1.07. The number of nitriles is 1. The number of nitro benzene ring substituents is 1. The molecule has 0 aliphatic carbocycles. The second kappa shape index (κ2) is 14.2. The highest BCUT2D eigenvalue weighted by molar-refractivity contribution is 8.77. The molecule has 0 saturated carbocycles. The lowest BCUT2D eigenvalue weighted by Gasteiger charge is -2.36. The predicted molar refractivity (Wildman–Crippen MR) is 118 cm³/mol. The van der Waals surface area contributed by atoms with Crippen LogP contribution < -0.4 is 0 Å². The molecule has 0 N–H and O–H groups in total. The van der Waals surface area contributed by atoms with Crippen molar-refractivity contribution in [2.45, 2.75) is 52.3 Å². The van der Waals surface area contributed by atoms with E-state index in [1.807, 2.05) is 21.6 Å². The maximum absolute atomic E-state index is 10.0. The first-order valence-corrected chi connectivity index (χ1v) is 12.7. The average molecular weight is 446 g/mol. The van der Waals surface area contributed by atoms with Gasteiger partial charge in [-0.25, -0.2) is 4.67 Å². The highest BCUT2D eigenvalue weighted by atomic mass is 33.1. The third-order valence-corrected chi connectivity index (χ3v) is 8.14. The highest BCUT2D eigenvalue weighted by Crippen LogP contribution is 2.49. The fourth-order valence-electron chi connectivity index (χ4n) is 2.33. The normalized spacial score (nSPS) is 15.4. The fourth-order valence-corrected chi connectivity index (χ4v) is 6.74. The molecule has 2 rings (SSSR count). The van der Waals surface area contributed by atoms with E-state index in [0.29, 0.717) is 25.1 Å². The van der Waals surface area contributed by atoms with Crippen LogP contribution in [0, 0.1) is 21.4 Å². The van der Waals surface area contributed by atoms with E-state index in [1.165, 1.54) is 12.1 Å². The number of para-hydroxylation sites is 1. The summed E-state index contributed by atoms with van der Waals surface area (Å²) >= 11 is 0. The van der Waals surface area contributed by atoms with Gasteiger partial charge in [0.2, 0.25) is 0 Å². The summed E-state index contributed by atoms with van der Waals surface area (Å²) in [6.45, 7) is 9.08. The van der Waals surface area contributed by atoms with Crippen molar-refractivity contribution in [2.24, 2.45) is 0 Å². The van der Waals surface area contributed by atoms with Crippen LogP contribution in [0.4, 0.5) is 5.69 Å². The van der Waals surface area contributed by atoms with E-state index in [1.54, 1.807) is 18.2 Å². The zero-order valence-corrected chi connectivity index (χ0v) is 19.2. The van der Waals surface area contributed by atoms with Gasteiger partial charge in [-0.1, -0.05) is 39.8 Å². The fraction of sp³-hybridized carbons (Fsp3) is 0.611. The molecule has 7 nitrogen and oxygen atoms in total. The summed E-state index contributed by atoms with van der Waals surface area (Å²) in [5.74, 6) is 2.05. The van der Waals surface area contributed by atoms with E-state index < -0.39 is 13.4 Å². The molecule has 1 aliphatic rings. The van der Waals surface area contributed by atoms with Gasteiger partial charge in [0.25, 0.3) is 14.2 Å². The smallest absolute Gasteiger partial charge is 0.269 e. The predicted octanol–water partition coefficient (Wildman–Crippen LogP) is 5.64. The molecule has 0 aromatic heterocycles. The lowest BCUT2D eigenvalue weighted by molar-refractivity contribution is -0.384. The van der Waals surface area contributed by atoms with Crippen molar-refractivity contribution in [1.29, 1.82) is 5.26 Å². The molecule has 156 valence electrons. The molecule has 1 saturated heterocycles. The maximum Gasteiger partial charge on any atom is 0.269 e. The number of hydrogen-bond acceptors (Lipinski definition) is 8.